The third kappa shape index (κ3) is 6.06. The summed E-state index contributed by atoms with van der Waals surface area (Å²) in [4.78, 5) is 22.2. The van der Waals surface area contributed by atoms with Crippen LogP contribution in [0.3, 0.4) is 0 Å². The van der Waals surface area contributed by atoms with E-state index in [0.717, 1.165) is 19.5 Å². The fourth-order valence-electron chi connectivity index (χ4n) is 2.85. The summed E-state index contributed by atoms with van der Waals surface area (Å²) >= 11 is 0. The van der Waals surface area contributed by atoms with Gasteiger partial charge >= 0.3 is 0 Å². The van der Waals surface area contributed by atoms with Crippen molar-refractivity contribution in [3.8, 4) is 0 Å². The van der Waals surface area contributed by atoms with E-state index < -0.39 is 6.10 Å². The van der Waals surface area contributed by atoms with Gasteiger partial charge in [-0.1, -0.05) is 30.8 Å². The fraction of sp³-hybridized carbons (Fsp3) is 0.350. The number of β-amino-alcohol motifs (C(OH)–C–C–N with tert-alkyl or cyclic N) is 1. The number of nitrogens with one attached hydrogen (secondary N) is 1. The molecule has 26 heavy (non-hydrogen) atoms. The lowest BCUT2D eigenvalue weighted by molar-refractivity contribution is -0.115. The summed E-state index contributed by atoms with van der Waals surface area (Å²) in [6.07, 6.45) is 6.24. The van der Waals surface area contributed by atoms with Crippen LogP contribution in [0.1, 0.15) is 18.1 Å². The normalized spacial score (nSPS) is 16.6. The van der Waals surface area contributed by atoms with Crippen LogP contribution in [0.2, 0.25) is 0 Å². The molecule has 1 aromatic rings. The summed E-state index contributed by atoms with van der Waals surface area (Å²) in [7, 11) is 0. The highest BCUT2D eigenvalue weighted by molar-refractivity contribution is 6.43. The molecule has 2 rings (SSSR count). The Kier molecular flexibility index (Phi) is 7.92. The van der Waals surface area contributed by atoms with Crippen molar-refractivity contribution in [3.63, 3.8) is 0 Å². The van der Waals surface area contributed by atoms with E-state index >= 15 is 0 Å². The van der Waals surface area contributed by atoms with Crippen molar-refractivity contribution in [1.29, 1.82) is 0 Å². The lowest BCUT2D eigenvalue weighted by atomic mass is 10.00. The molecule has 0 bridgehead atoms. The van der Waals surface area contributed by atoms with Crippen LogP contribution >= 0.6 is 0 Å². The number of aliphatic hydroxyl groups excluding tert-OH is 1. The smallest absolute Gasteiger partial charge is 0.270 e. The van der Waals surface area contributed by atoms with Crippen molar-refractivity contribution in [1.82, 2.24) is 10.2 Å². The molecular weight excluding hydrogens is 328 g/mol. The molecule has 1 amide bonds. The van der Waals surface area contributed by atoms with Gasteiger partial charge in [0.25, 0.3) is 5.91 Å². The van der Waals surface area contributed by atoms with Gasteiger partial charge in [-0.3, -0.25) is 19.7 Å². The van der Waals surface area contributed by atoms with Crippen LogP contribution in [0.25, 0.3) is 0 Å². The van der Waals surface area contributed by atoms with Crippen LogP contribution in [0.4, 0.5) is 0 Å². The van der Waals surface area contributed by atoms with Crippen molar-refractivity contribution < 1.29 is 9.90 Å². The second kappa shape index (κ2) is 10.4. The van der Waals surface area contributed by atoms with Crippen molar-refractivity contribution >= 4 is 17.8 Å². The molecule has 0 fully saturated rings. The molecule has 6 heteroatoms. The largest absolute Gasteiger partial charge is 0.390 e. The Bertz CT molecular complexity index is 710. The van der Waals surface area contributed by atoms with E-state index in [1.165, 1.54) is 29.6 Å². The number of carbonyl (C=O) groups is 1. The molecule has 1 heterocycles. The molecule has 1 aliphatic rings. The number of fused-ring (bicyclic) bond motifs is 1. The molecule has 0 saturated heterocycles. The number of benzene rings is 1. The number of aliphatic hydroxyl groups is 1. The zero-order valence-corrected chi connectivity index (χ0v) is 15.1. The first-order valence-corrected chi connectivity index (χ1v) is 8.72. The molecule has 138 valence electrons. The fourth-order valence-corrected chi connectivity index (χ4v) is 2.85. The van der Waals surface area contributed by atoms with Gasteiger partial charge in [0.05, 0.1) is 6.10 Å². The predicted molar refractivity (Wildman–Crippen MR) is 105 cm³/mol. The van der Waals surface area contributed by atoms with Gasteiger partial charge in [-0.15, -0.1) is 0 Å². The summed E-state index contributed by atoms with van der Waals surface area (Å²) in [5.41, 5.74) is 2.88. The van der Waals surface area contributed by atoms with Crippen LogP contribution in [0, 0.1) is 0 Å². The number of aliphatic imine (C=N–C) groups is 2. The molecular formula is C20H26N4O2. The summed E-state index contributed by atoms with van der Waals surface area (Å²) < 4.78 is 0. The Morgan fingerprint density at radius 2 is 2.19 bits per heavy atom. The Morgan fingerprint density at radius 1 is 1.42 bits per heavy atom. The van der Waals surface area contributed by atoms with Crippen molar-refractivity contribution in [2.24, 2.45) is 9.98 Å². The van der Waals surface area contributed by atoms with E-state index in [2.05, 4.69) is 45.0 Å². The highest BCUT2D eigenvalue weighted by Gasteiger charge is 2.19. The second-order valence-corrected chi connectivity index (χ2v) is 6.04. The van der Waals surface area contributed by atoms with Crippen molar-refractivity contribution in [2.45, 2.75) is 26.0 Å². The van der Waals surface area contributed by atoms with Gasteiger partial charge in [0.2, 0.25) is 0 Å². The minimum Gasteiger partial charge on any atom is -0.390 e. The van der Waals surface area contributed by atoms with Gasteiger partial charge in [-0.2, -0.15) is 0 Å². The average molecular weight is 354 g/mol. The molecule has 0 aromatic heterocycles. The Balaban J connectivity index is 1.82. The standard InChI is InChI=1S/C20H26N4O2/c1-3-21-11-9-19(22-4-2)20(26)23-13-18(25)15-24-12-10-16-7-5-6-8-17(16)14-24/h3-9,11,18,25H,2,10,12-15H2,1H3,(H,23,26)/b11-9-,21-3+,22-19+/t18-/m0/s1. The van der Waals surface area contributed by atoms with E-state index in [0.29, 0.717) is 6.54 Å². The third-order valence-electron chi connectivity index (χ3n) is 4.11. The van der Waals surface area contributed by atoms with E-state index in [4.69, 9.17) is 0 Å². The van der Waals surface area contributed by atoms with E-state index in [9.17, 15) is 9.90 Å². The maximum atomic E-state index is 12.2. The Morgan fingerprint density at radius 3 is 2.92 bits per heavy atom. The lowest BCUT2D eigenvalue weighted by Crippen LogP contribution is -2.43. The number of nitrogens with zero attached hydrogens (tertiary/aromatic N) is 3. The lowest BCUT2D eigenvalue weighted by Gasteiger charge is -2.30. The average Bonchev–Trinajstić information content (AvgIpc) is 2.65. The first-order valence-electron chi connectivity index (χ1n) is 8.72. The molecule has 1 aromatic carbocycles. The molecule has 0 radical (unpaired) electrons. The van der Waals surface area contributed by atoms with Gasteiger partial charge in [0.1, 0.15) is 5.71 Å². The Labute approximate surface area is 154 Å². The highest BCUT2D eigenvalue weighted by Crippen LogP contribution is 2.18. The summed E-state index contributed by atoms with van der Waals surface area (Å²) in [5, 5.41) is 13.0. The topological polar surface area (TPSA) is 77.3 Å². The monoisotopic (exact) mass is 354 g/mol. The molecule has 0 spiro atoms. The summed E-state index contributed by atoms with van der Waals surface area (Å²) in [6.45, 7) is 7.69. The van der Waals surface area contributed by atoms with Crippen LogP contribution in [-0.4, -0.2) is 53.6 Å². The molecule has 2 N–H and O–H groups in total. The van der Waals surface area contributed by atoms with Gasteiger partial charge in [0, 0.05) is 44.8 Å². The van der Waals surface area contributed by atoms with Gasteiger partial charge in [0.15, 0.2) is 0 Å². The Hall–Kier alpha value is -2.57. The van der Waals surface area contributed by atoms with E-state index in [1.54, 1.807) is 13.1 Å². The molecule has 0 unspecified atom stereocenters. The maximum absolute atomic E-state index is 12.2. The van der Waals surface area contributed by atoms with Crippen LogP contribution < -0.4 is 5.32 Å². The molecule has 1 aliphatic heterocycles. The summed E-state index contributed by atoms with van der Waals surface area (Å²) in [5.74, 6) is -0.365. The van der Waals surface area contributed by atoms with Crippen LogP contribution in [0.5, 0.6) is 0 Å². The molecule has 0 aliphatic carbocycles. The molecule has 1 atom stereocenters. The van der Waals surface area contributed by atoms with Crippen LogP contribution in [0.15, 0.2) is 59.3 Å². The molecule has 0 saturated carbocycles. The van der Waals surface area contributed by atoms with E-state index in [1.807, 2.05) is 6.07 Å². The van der Waals surface area contributed by atoms with Gasteiger partial charge < -0.3 is 10.4 Å². The highest BCUT2D eigenvalue weighted by atomic mass is 16.3. The van der Waals surface area contributed by atoms with E-state index in [-0.39, 0.29) is 18.2 Å². The maximum Gasteiger partial charge on any atom is 0.270 e. The zero-order valence-electron chi connectivity index (χ0n) is 15.1. The first-order chi connectivity index (χ1) is 12.6. The quantitative estimate of drug-likeness (QED) is 0.698. The number of rotatable bonds is 8. The predicted octanol–water partition coefficient (Wildman–Crippen LogP) is 1.71. The second-order valence-electron chi connectivity index (χ2n) is 6.04. The zero-order chi connectivity index (χ0) is 18.8. The van der Waals surface area contributed by atoms with Gasteiger partial charge in [-0.05, 0) is 30.5 Å². The van der Waals surface area contributed by atoms with Gasteiger partial charge in [-0.25, -0.2) is 0 Å². The number of hydrogen-bond acceptors (Lipinski definition) is 5. The third-order valence-corrected chi connectivity index (χ3v) is 4.11. The number of carbonyl (C=O) groups excluding carboxylic acids is 1. The van der Waals surface area contributed by atoms with Crippen molar-refractivity contribution in [2.75, 3.05) is 19.6 Å². The summed E-state index contributed by atoms with van der Waals surface area (Å²) in [6, 6.07) is 8.37. The first kappa shape index (κ1) is 19.8. The number of hydrogen-bond donors (Lipinski definition) is 2. The SMILES string of the molecule is C=C\N=C(/C=C\N=C\C)C(=O)NC[C@H](O)CN1CCc2ccccc2C1. The molecule has 6 nitrogen and oxygen atoms in total. The van der Waals surface area contributed by atoms with Crippen molar-refractivity contribution in [3.05, 3.63) is 60.4 Å². The van der Waals surface area contributed by atoms with Crippen LogP contribution in [-0.2, 0) is 17.8 Å². The minimum absolute atomic E-state index is 0.165. The number of amides is 1. The minimum atomic E-state index is -0.646.